The fraction of sp³-hybridized carbons (Fsp3) is 0.500. The van der Waals surface area contributed by atoms with Crippen LogP contribution < -0.4 is 0 Å². The summed E-state index contributed by atoms with van der Waals surface area (Å²) in [5.74, 6) is 0. The van der Waals surface area contributed by atoms with Crippen LogP contribution in [0.15, 0.2) is 4.99 Å². The average Bonchev–Trinajstić information content (AvgIpc) is 2.10. The molecular formula is C4H6N2O2S4. The first-order valence-electron chi connectivity index (χ1n) is 2.56. The van der Waals surface area contributed by atoms with E-state index in [9.17, 15) is 0 Å². The normalized spacial score (nSPS) is 8.42. The largest absolute Gasteiger partial charge is 0.425 e. The van der Waals surface area contributed by atoms with Crippen molar-refractivity contribution in [2.45, 2.75) is 0 Å². The quantitative estimate of drug-likeness (QED) is 0.247. The monoisotopic (exact) mass is 242 g/mol. The first kappa shape index (κ1) is 12.2. The Kier molecular flexibility index (Phi) is 9.37. The van der Waals surface area contributed by atoms with Crippen LogP contribution in [0, 0.1) is 11.5 Å². The number of nitrogens with zero attached hydrogens (tertiary/aromatic N) is 2. The Labute approximate surface area is 87.1 Å². The maximum Gasteiger partial charge on any atom is 0.425 e. The molecule has 68 valence electrons. The fourth-order valence-corrected chi connectivity index (χ4v) is 1.41. The van der Waals surface area contributed by atoms with Crippen molar-refractivity contribution in [1.82, 2.24) is 0 Å². The van der Waals surface area contributed by atoms with E-state index in [1.54, 1.807) is 6.19 Å². The van der Waals surface area contributed by atoms with Crippen LogP contribution in [0.2, 0.25) is 0 Å². The zero-order valence-electron chi connectivity index (χ0n) is 6.34. The van der Waals surface area contributed by atoms with Crippen molar-refractivity contribution < 1.29 is 8.37 Å². The number of hydrogen-bond donors (Lipinski definition) is 0. The third-order valence-corrected chi connectivity index (χ3v) is 2.41. The van der Waals surface area contributed by atoms with Gasteiger partial charge in [-0.2, -0.15) is 5.26 Å². The minimum Gasteiger partial charge on any atom is -0.363 e. The van der Waals surface area contributed by atoms with E-state index in [2.05, 4.69) is 4.99 Å². The molecule has 0 aliphatic carbocycles. The van der Waals surface area contributed by atoms with Gasteiger partial charge in [0.15, 0.2) is 0 Å². The molecule has 0 unspecified atom stereocenters. The minimum absolute atomic E-state index is 0.0313. The van der Waals surface area contributed by atoms with E-state index in [4.69, 9.17) is 13.6 Å². The Morgan fingerprint density at radius 3 is 2.08 bits per heavy atom. The Bertz CT molecular complexity index is 170. The summed E-state index contributed by atoms with van der Waals surface area (Å²) in [5, 5.41) is 8.21. The van der Waals surface area contributed by atoms with Crippen molar-refractivity contribution in [3.63, 3.8) is 0 Å². The van der Waals surface area contributed by atoms with Crippen LogP contribution in [-0.2, 0) is 8.37 Å². The summed E-state index contributed by atoms with van der Waals surface area (Å²) in [4.78, 5) is 3.31. The van der Waals surface area contributed by atoms with Crippen LogP contribution in [0.5, 0.6) is 0 Å². The molecule has 0 aliphatic heterocycles. The maximum absolute atomic E-state index is 8.21. The highest BCUT2D eigenvalue weighted by Crippen LogP contribution is 2.23. The number of rotatable bonds is 4. The summed E-state index contributed by atoms with van der Waals surface area (Å²) < 4.78 is 9.77. The molecule has 0 aliphatic rings. The first-order chi connectivity index (χ1) is 5.85. The predicted molar refractivity (Wildman–Crippen MR) is 57.4 cm³/mol. The summed E-state index contributed by atoms with van der Waals surface area (Å²) in [5.41, 5.74) is 0. The Balaban J connectivity index is 3.72. The molecule has 0 rings (SSSR count). The highest BCUT2D eigenvalue weighted by atomic mass is 33.1. The first-order valence-corrected chi connectivity index (χ1v) is 7.53. The molecule has 4 nitrogen and oxygen atoms in total. The van der Waals surface area contributed by atoms with Gasteiger partial charge in [0.1, 0.15) is 22.1 Å². The summed E-state index contributed by atoms with van der Waals surface area (Å²) in [6.07, 6.45) is 5.23. The molecule has 8 heteroatoms. The molecule has 0 aromatic heterocycles. The highest BCUT2D eigenvalue weighted by Gasteiger charge is 2.02. The molecule has 0 radical (unpaired) electrons. The van der Waals surface area contributed by atoms with E-state index in [0.717, 1.165) is 22.1 Å². The maximum atomic E-state index is 8.21. The zero-order valence-corrected chi connectivity index (χ0v) is 9.61. The summed E-state index contributed by atoms with van der Waals surface area (Å²) in [7, 11) is 2.79. The molecule has 0 saturated heterocycles. The van der Waals surface area contributed by atoms with Gasteiger partial charge >= 0.3 is 6.08 Å². The highest BCUT2D eigenvalue weighted by molar-refractivity contribution is 8.75. The van der Waals surface area contributed by atoms with Crippen LogP contribution in [0.3, 0.4) is 0 Å². The molecule has 0 aromatic rings. The van der Waals surface area contributed by atoms with Gasteiger partial charge in [0.25, 0.3) is 0 Å². The van der Waals surface area contributed by atoms with Gasteiger partial charge in [0.05, 0.1) is 0 Å². The van der Waals surface area contributed by atoms with Crippen molar-refractivity contribution in [3.8, 4) is 6.19 Å². The third-order valence-electron chi connectivity index (χ3n) is 0.488. The molecule has 0 saturated carbocycles. The second-order valence-electron chi connectivity index (χ2n) is 1.11. The lowest BCUT2D eigenvalue weighted by atomic mass is 11.2. The summed E-state index contributed by atoms with van der Waals surface area (Å²) >= 11 is 2.19. The smallest absolute Gasteiger partial charge is 0.363 e. The molecular weight excluding hydrogens is 236 g/mol. The zero-order chi connectivity index (χ0) is 9.23. The second-order valence-corrected chi connectivity index (χ2v) is 5.20. The molecule has 0 bridgehead atoms. The minimum atomic E-state index is -0.0313. The molecule has 0 heterocycles. The van der Waals surface area contributed by atoms with Crippen LogP contribution in [0.4, 0.5) is 0 Å². The van der Waals surface area contributed by atoms with E-state index in [0.29, 0.717) is 0 Å². The van der Waals surface area contributed by atoms with Crippen LogP contribution in [0.1, 0.15) is 0 Å². The lowest BCUT2D eigenvalue weighted by molar-refractivity contribution is 0.470. The molecule has 0 N–H and O–H groups in total. The standard InChI is InChI=1S/C4H6N2O2S4/c1-9-11-7-4(6-3-5)8-12-10-2/h1-2H3. The molecule has 0 spiro atoms. The van der Waals surface area contributed by atoms with Crippen molar-refractivity contribution in [3.05, 3.63) is 0 Å². The molecule has 12 heavy (non-hydrogen) atoms. The predicted octanol–water partition coefficient (Wildman–Crippen LogP) is 2.71. The van der Waals surface area contributed by atoms with Gasteiger partial charge < -0.3 is 8.37 Å². The van der Waals surface area contributed by atoms with Gasteiger partial charge in [0.2, 0.25) is 6.19 Å². The Morgan fingerprint density at radius 2 is 1.75 bits per heavy atom. The second kappa shape index (κ2) is 9.25. The van der Waals surface area contributed by atoms with E-state index in [1.807, 2.05) is 12.5 Å². The number of nitriles is 1. The SMILES string of the molecule is CSSOC(=NC#N)OSSC. The topological polar surface area (TPSA) is 54.6 Å². The van der Waals surface area contributed by atoms with Crippen LogP contribution in [0.25, 0.3) is 0 Å². The molecule has 0 fully saturated rings. The lowest BCUT2D eigenvalue weighted by Crippen LogP contribution is -1.98. The van der Waals surface area contributed by atoms with Crippen LogP contribution in [-0.4, -0.2) is 18.6 Å². The van der Waals surface area contributed by atoms with E-state index < -0.39 is 0 Å². The lowest BCUT2D eigenvalue weighted by Gasteiger charge is -2.01. The molecule has 0 aromatic carbocycles. The van der Waals surface area contributed by atoms with Crippen LogP contribution >= 0.6 is 43.7 Å². The Morgan fingerprint density at radius 1 is 1.25 bits per heavy atom. The van der Waals surface area contributed by atoms with Gasteiger partial charge in [-0.05, 0) is 12.5 Å². The summed E-state index contributed by atoms with van der Waals surface area (Å²) in [6.45, 7) is 0. The van der Waals surface area contributed by atoms with Crippen molar-refractivity contribution >= 4 is 49.8 Å². The Hall–Kier alpha value is 0.160. The number of aliphatic imine (C=N–C) groups is 1. The van der Waals surface area contributed by atoms with Crippen molar-refractivity contribution in [2.24, 2.45) is 4.99 Å². The van der Waals surface area contributed by atoms with Gasteiger partial charge in [-0.25, -0.2) is 0 Å². The van der Waals surface area contributed by atoms with Gasteiger partial charge in [-0.15, -0.1) is 0 Å². The van der Waals surface area contributed by atoms with E-state index in [1.165, 1.54) is 21.6 Å². The van der Waals surface area contributed by atoms with Gasteiger partial charge in [-0.1, -0.05) is 26.6 Å². The summed E-state index contributed by atoms with van der Waals surface area (Å²) in [6, 6.07) is 0. The van der Waals surface area contributed by atoms with Crippen molar-refractivity contribution in [2.75, 3.05) is 12.5 Å². The average molecular weight is 242 g/mol. The van der Waals surface area contributed by atoms with E-state index >= 15 is 0 Å². The fourth-order valence-electron chi connectivity index (χ4n) is 0.218. The van der Waals surface area contributed by atoms with Gasteiger partial charge in [0, 0.05) is 0 Å². The molecule has 0 amide bonds. The third kappa shape index (κ3) is 6.84. The molecule has 0 atom stereocenters. The van der Waals surface area contributed by atoms with Gasteiger partial charge in [-0.3, -0.25) is 0 Å². The van der Waals surface area contributed by atoms with Crippen molar-refractivity contribution in [1.29, 1.82) is 5.26 Å². The number of hydrogen-bond acceptors (Lipinski definition) is 8. The van der Waals surface area contributed by atoms with E-state index in [-0.39, 0.29) is 6.08 Å².